The molecule has 1 N–H and O–H groups in total. The Balaban J connectivity index is 3.49. The first-order valence-corrected chi connectivity index (χ1v) is 3.25. The fraction of sp³-hybridized carbons (Fsp3) is 0.500. The van der Waals surface area contributed by atoms with Crippen LogP contribution in [0.25, 0.3) is 0 Å². The maximum atomic E-state index is 9.08. The van der Waals surface area contributed by atoms with Gasteiger partial charge in [0.25, 0.3) is 0 Å². The van der Waals surface area contributed by atoms with E-state index in [0.717, 1.165) is 0 Å². The average molecular weight is 142 g/mol. The minimum absolute atomic E-state index is 0.199. The van der Waals surface area contributed by atoms with Crippen molar-refractivity contribution in [1.29, 1.82) is 0 Å². The number of ether oxygens (including phenoxy) is 1. The molecule has 0 aliphatic carbocycles. The second-order valence-electron chi connectivity index (χ2n) is 2.05. The first-order chi connectivity index (χ1) is 4.72. The Kier molecular flexibility index (Phi) is 4.89. The van der Waals surface area contributed by atoms with Crippen LogP contribution in [0.4, 0.5) is 0 Å². The zero-order valence-electron chi connectivity index (χ0n) is 6.29. The normalized spacial score (nSPS) is 15.8. The SMILES string of the molecule is C=CCO[C@@H](C)[C@@H](O)C=C. The van der Waals surface area contributed by atoms with Crippen molar-refractivity contribution in [2.45, 2.75) is 19.1 Å². The van der Waals surface area contributed by atoms with Crippen molar-refractivity contribution in [2.24, 2.45) is 0 Å². The third-order valence-corrected chi connectivity index (χ3v) is 1.20. The summed E-state index contributed by atoms with van der Waals surface area (Å²) in [5, 5.41) is 9.08. The first-order valence-electron chi connectivity index (χ1n) is 3.25. The van der Waals surface area contributed by atoms with Gasteiger partial charge in [-0.2, -0.15) is 0 Å². The molecule has 2 nitrogen and oxygen atoms in total. The third-order valence-electron chi connectivity index (χ3n) is 1.20. The molecule has 0 unspecified atom stereocenters. The predicted molar refractivity (Wildman–Crippen MR) is 41.8 cm³/mol. The van der Waals surface area contributed by atoms with Gasteiger partial charge in [0.15, 0.2) is 0 Å². The molecule has 58 valence electrons. The molecule has 0 saturated heterocycles. The smallest absolute Gasteiger partial charge is 0.0977 e. The van der Waals surface area contributed by atoms with Crippen LogP contribution in [0.3, 0.4) is 0 Å². The fourth-order valence-electron chi connectivity index (χ4n) is 0.510. The summed E-state index contributed by atoms with van der Waals surface area (Å²) < 4.78 is 5.10. The molecule has 0 aromatic carbocycles. The Labute approximate surface area is 61.8 Å². The lowest BCUT2D eigenvalue weighted by Crippen LogP contribution is -2.23. The van der Waals surface area contributed by atoms with Gasteiger partial charge < -0.3 is 9.84 Å². The van der Waals surface area contributed by atoms with E-state index < -0.39 is 6.10 Å². The van der Waals surface area contributed by atoms with Gasteiger partial charge in [0, 0.05) is 0 Å². The van der Waals surface area contributed by atoms with Gasteiger partial charge in [0.1, 0.15) is 0 Å². The van der Waals surface area contributed by atoms with E-state index in [9.17, 15) is 0 Å². The van der Waals surface area contributed by atoms with Crippen molar-refractivity contribution in [3.05, 3.63) is 25.3 Å². The highest BCUT2D eigenvalue weighted by atomic mass is 16.5. The van der Waals surface area contributed by atoms with Crippen LogP contribution in [0, 0.1) is 0 Å². The molecule has 0 aliphatic heterocycles. The van der Waals surface area contributed by atoms with E-state index >= 15 is 0 Å². The van der Waals surface area contributed by atoms with Crippen LogP contribution in [0.5, 0.6) is 0 Å². The Morgan fingerprint density at radius 3 is 2.60 bits per heavy atom. The minimum Gasteiger partial charge on any atom is -0.386 e. The van der Waals surface area contributed by atoms with Crippen LogP contribution in [0.15, 0.2) is 25.3 Å². The summed E-state index contributed by atoms with van der Waals surface area (Å²) in [5.41, 5.74) is 0. The Morgan fingerprint density at radius 1 is 1.60 bits per heavy atom. The second-order valence-corrected chi connectivity index (χ2v) is 2.05. The van der Waals surface area contributed by atoms with Gasteiger partial charge in [-0.25, -0.2) is 0 Å². The summed E-state index contributed by atoms with van der Waals surface area (Å²) in [6, 6.07) is 0. The van der Waals surface area contributed by atoms with E-state index in [1.54, 1.807) is 13.0 Å². The van der Waals surface area contributed by atoms with E-state index in [2.05, 4.69) is 13.2 Å². The molecule has 0 fully saturated rings. The highest BCUT2D eigenvalue weighted by molar-refractivity contribution is 4.83. The molecule has 0 aromatic heterocycles. The standard InChI is InChI=1S/C8H14O2/c1-4-6-10-7(3)8(9)5-2/h4-5,7-9H,1-2,6H2,3H3/t7-,8-/m0/s1. The van der Waals surface area contributed by atoms with Gasteiger partial charge in [0.2, 0.25) is 0 Å². The fourth-order valence-corrected chi connectivity index (χ4v) is 0.510. The molecule has 0 aliphatic rings. The van der Waals surface area contributed by atoms with Crippen molar-refractivity contribution < 1.29 is 9.84 Å². The molecule has 10 heavy (non-hydrogen) atoms. The van der Waals surface area contributed by atoms with Gasteiger partial charge >= 0.3 is 0 Å². The molecule has 2 heteroatoms. The molecule has 2 atom stereocenters. The monoisotopic (exact) mass is 142 g/mol. The predicted octanol–water partition coefficient (Wildman–Crippen LogP) is 1.12. The second kappa shape index (κ2) is 5.21. The first kappa shape index (κ1) is 9.40. The Morgan fingerprint density at radius 2 is 2.20 bits per heavy atom. The van der Waals surface area contributed by atoms with Crippen LogP contribution in [-0.4, -0.2) is 23.9 Å². The van der Waals surface area contributed by atoms with Crippen molar-refractivity contribution in [1.82, 2.24) is 0 Å². The molecule has 0 spiro atoms. The van der Waals surface area contributed by atoms with Crippen molar-refractivity contribution in [3.63, 3.8) is 0 Å². The topological polar surface area (TPSA) is 29.5 Å². The van der Waals surface area contributed by atoms with Crippen LogP contribution >= 0.6 is 0 Å². The summed E-state index contributed by atoms with van der Waals surface area (Å²) in [5.74, 6) is 0. The molecular formula is C8H14O2. The van der Waals surface area contributed by atoms with Crippen LogP contribution in [0.2, 0.25) is 0 Å². The maximum Gasteiger partial charge on any atom is 0.0977 e. The largest absolute Gasteiger partial charge is 0.386 e. The maximum absolute atomic E-state index is 9.08. The van der Waals surface area contributed by atoms with Crippen LogP contribution in [0.1, 0.15) is 6.92 Å². The molecule has 0 radical (unpaired) electrons. The number of hydrogen-bond acceptors (Lipinski definition) is 2. The lowest BCUT2D eigenvalue weighted by Gasteiger charge is -2.14. The summed E-state index contributed by atoms with van der Waals surface area (Å²) in [6.07, 6.45) is 2.32. The van der Waals surface area contributed by atoms with Gasteiger partial charge in [-0.05, 0) is 6.92 Å². The molecule has 0 rings (SSSR count). The summed E-state index contributed by atoms with van der Waals surface area (Å²) >= 11 is 0. The zero-order chi connectivity index (χ0) is 7.98. The lowest BCUT2D eigenvalue weighted by atomic mass is 10.2. The number of aliphatic hydroxyl groups excluding tert-OH is 1. The van der Waals surface area contributed by atoms with Crippen LogP contribution in [-0.2, 0) is 4.74 Å². The van der Waals surface area contributed by atoms with E-state index in [-0.39, 0.29) is 6.10 Å². The van der Waals surface area contributed by atoms with Crippen molar-refractivity contribution in [3.8, 4) is 0 Å². The van der Waals surface area contributed by atoms with Gasteiger partial charge in [-0.3, -0.25) is 0 Å². The highest BCUT2D eigenvalue weighted by Gasteiger charge is 2.08. The number of hydrogen-bond donors (Lipinski definition) is 1. The van der Waals surface area contributed by atoms with E-state index in [1.807, 2.05) is 0 Å². The lowest BCUT2D eigenvalue weighted by molar-refractivity contribution is 0.00742. The molecule has 0 heterocycles. The van der Waals surface area contributed by atoms with Gasteiger partial charge in [0.05, 0.1) is 18.8 Å². The number of rotatable bonds is 5. The molecule has 0 amide bonds. The minimum atomic E-state index is -0.583. The van der Waals surface area contributed by atoms with Gasteiger partial charge in [-0.15, -0.1) is 13.2 Å². The van der Waals surface area contributed by atoms with Gasteiger partial charge in [-0.1, -0.05) is 12.2 Å². The molecular weight excluding hydrogens is 128 g/mol. The number of aliphatic hydroxyl groups is 1. The van der Waals surface area contributed by atoms with Crippen molar-refractivity contribution >= 4 is 0 Å². The Bertz CT molecular complexity index is 110. The summed E-state index contributed by atoms with van der Waals surface area (Å²) in [7, 11) is 0. The van der Waals surface area contributed by atoms with E-state index in [1.165, 1.54) is 6.08 Å². The third kappa shape index (κ3) is 3.43. The molecule has 0 saturated carbocycles. The molecule has 0 aromatic rings. The highest BCUT2D eigenvalue weighted by Crippen LogP contribution is 1.98. The van der Waals surface area contributed by atoms with E-state index in [0.29, 0.717) is 6.61 Å². The molecule has 0 bridgehead atoms. The van der Waals surface area contributed by atoms with Crippen LogP contribution < -0.4 is 0 Å². The van der Waals surface area contributed by atoms with E-state index in [4.69, 9.17) is 9.84 Å². The summed E-state index contributed by atoms with van der Waals surface area (Å²) in [6.45, 7) is 9.17. The zero-order valence-corrected chi connectivity index (χ0v) is 6.29. The quantitative estimate of drug-likeness (QED) is 0.583. The average Bonchev–Trinajstić information content (AvgIpc) is 1.98. The summed E-state index contributed by atoms with van der Waals surface area (Å²) in [4.78, 5) is 0. The Hall–Kier alpha value is -0.600. The van der Waals surface area contributed by atoms with Crippen molar-refractivity contribution in [2.75, 3.05) is 6.61 Å².